The molecular weight excluding hydrogens is 827 g/mol. The Kier molecular flexibility index (Phi) is 9.43. The van der Waals surface area contributed by atoms with Gasteiger partial charge in [0, 0.05) is 49.6 Å². The molecule has 0 amide bonds. The topological polar surface area (TPSA) is 48.5 Å². The van der Waals surface area contributed by atoms with Crippen LogP contribution in [-0.4, -0.2) is 24.1 Å². The summed E-state index contributed by atoms with van der Waals surface area (Å²) in [5, 5.41) is 4.81. The number of nitrogens with zero attached hydrogens (tertiary/aromatic N) is 5. The second-order valence-electron chi connectivity index (χ2n) is 17.3. The van der Waals surface area contributed by atoms with Gasteiger partial charge in [-0.25, -0.2) is 15.0 Å². The zero-order chi connectivity index (χ0) is 45.0. The van der Waals surface area contributed by atoms with Crippen LogP contribution in [0.25, 0.3) is 123 Å². The van der Waals surface area contributed by atoms with E-state index in [9.17, 15) is 0 Å². The van der Waals surface area contributed by atoms with Crippen molar-refractivity contribution >= 4 is 43.6 Å². The van der Waals surface area contributed by atoms with Crippen LogP contribution >= 0.6 is 0 Å². The summed E-state index contributed by atoms with van der Waals surface area (Å²) in [5.74, 6) is 1.80. The van der Waals surface area contributed by atoms with Gasteiger partial charge in [-0.05, 0) is 100 Å². The van der Waals surface area contributed by atoms with E-state index >= 15 is 0 Å². The summed E-state index contributed by atoms with van der Waals surface area (Å²) in [6.45, 7) is 0. The molecule has 13 rings (SSSR count). The van der Waals surface area contributed by atoms with E-state index in [0.29, 0.717) is 17.5 Å². The van der Waals surface area contributed by atoms with Crippen molar-refractivity contribution in [3.63, 3.8) is 0 Å². The number of benzene rings is 10. The minimum absolute atomic E-state index is 0.597. The Hall–Kier alpha value is -9.19. The molecule has 10 aromatic carbocycles. The fourth-order valence-electron chi connectivity index (χ4n) is 9.92. The SMILES string of the molecule is c1ccc(-c2cccc(-c3nc(-c4cccc(-n5c6ccccc6c6cc(-c7ccccc7)ccc65)c4)nc(-c4cccc(-n5c6ccccc6c6cc(-c7ccccc7)ccc65)c4)n3)c2)cc1. The van der Waals surface area contributed by atoms with Crippen molar-refractivity contribution < 1.29 is 0 Å². The molecule has 3 aromatic heterocycles. The van der Waals surface area contributed by atoms with Gasteiger partial charge >= 0.3 is 0 Å². The molecule has 0 N–H and O–H groups in total. The first-order valence-corrected chi connectivity index (χ1v) is 23.0. The predicted octanol–water partition coefficient (Wildman–Crippen LogP) is 16.1. The molecule has 3 heterocycles. The van der Waals surface area contributed by atoms with E-state index in [1.807, 2.05) is 6.07 Å². The van der Waals surface area contributed by atoms with E-state index < -0.39 is 0 Å². The van der Waals surface area contributed by atoms with Gasteiger partial charge in [0.05, 0.1) is 22.1 Å². The first-order chi connectivity index (χ1) is 33.7. The lowest BCUT2D eigenvalue weighted by Gasteiger charge is -2.13. The lowest BCUT2D eigenvalue weighted by atomic mass is 10.0. The van der Waals surface area contributed by atoms with Gasteiger partial charge in [0.1, 0.15) is 0 Å². The Labute approximate surface area is 393 Å². The molecule has 5 nitrogen and oxygen atoms in total. The maximum absolute atomic E-state index is 5.32. The highest BCUT2D eigenvalue weighted by atomic mass is 15.0. The van der Waals surface area contributed by atoms with Crippen molar-refractivity contribution in [3.05, 3.63) is 249 Å². The van der Waals surface area contributed by atoms with Crippen LogP contribution in [-0.2, 0) is 0 Å². The number of para-hydroxylation sites is 2. The Morgan fingerprint density at radius 1 is 0.206 bits per heavy atom. The number of hydrogen-bond acceptors (Lipinski definition) is 3. The summed E-state index contributed by atoms with van der Waals surface area (Å²) in [5.41, 5.74) is 16.3. The number of hydrogen-bond donors (Lipinski definition) is 0. The highest BCUT2D eigenvalue weighted by Gasteiger charge is 2.19. The van der Waals surface area contributed by atoms with Crippen LogP contribution in [0.4, 0.5) is 0 Å². The summed E-state index contributed by atoms with van der Waals surface area (Å²) in [6, 6.07) is 88.2. The Morgan fingerprint density at radius 3 is 0.971 bits per heavy atom. The summed E-state index contributed by atoms with van der Waals surface area (Å²) in [4.78, 5) is 15.9. The summed E-state index contributed by atoms with van der Waals surface area (Å²) in [6.07, 6.45) is 0. The van der Waals surface area contributed by atoms with Crippen LogP contribution < -0.4 is 0 Å². The van der Waals surface area contributed by atoms with E-state index in [-0.39, 0.29) is 0 Å². The quantitative estimate of drug-likeness (QED) is 0.153. The van der Waals surface area contributed by atoms with Crippen molar-refractivity contribution in [2.75, 3.05) is 0 Å². The van der Waals surface area contributed by atoms with Crippen LogP contribution in [0, 0.1) is 0 Å². The molecule has 0 bridgehead atoms. The van der Waals surface area contributed by atoms with Crippen LogP contribution in [0.1, 0.15) is 0 Å². The van der Waals surface area contributed by atoms with E-state index in [2.05, 4.69) is 252 Å². The second-order valence-corrected chi connectivity index (χ2v) is 17.3. The second kappa shape index (κ2) is 16.4. The van der Waals surface area contributed by atoms with Crippen molar-refractivity contribution in [1.82, 2.24) is 24.1 Å². The van der Waals surface area contributed by atoms with E-state index in [0.717, 1.165) is 61.3 Å². The van der Waals surface area contributed by atoms with Gasteiger partial charge in [-0.2, -0.15) is 0 Å². The molecule has 13 aromatic rings. The standard InChI is InChI=1S/C63H41N5/c1-4-17-42(18-5-1)45-23-14-24-48(37-45)61-64-62(49-25-15-27-51(38-49)67-57-31-12-10-29-53(57)55-40-46(33-35-59(55)67)43-19-6-2-7-20-43)66-63(65-61)50-26-16-28-52(39-50)68-58-32-13-11-30-54(58)56-41-47(34-36-60(56)68)44-21-8-3-9-22-44/h1-41H. The van der Waals surface area contributed by atoms with Crippen LogP contribution in [0.3, 0.4) is 0 Å². The molecule has 318 valence electrons. The lowest BCUT2D eigenvalue weighted by Crippen LogP contribution is -2.02. The fraction of sp³-hybridized carbons (Fsp3) is 0. The summed E-state index contributed by atoms with van der Waals surface area (Å²) < 4.78 is 4.71. The van der Waals surface area contributed by atoms with Gasteiger partial charge < -0.3 is 9.13 Å². The third-order valence-electron chi connectivity index (χ3n) is 13.1. The number of rotatable bonds is 8. The third kappa shape index (κ3) is 6.84. The molecule has 68 heavy (non-hydrogen) atoms. The van der Waals surface area contributed by atoms with Gasteiger partial charge in [0.15, 0.2) is 17.5 Å². The molecule has 0 radical (unpaired) electrons. The van der Waals surface area contributed by atoms with Crippen LogP contribution in [0.2, 0.25) is 0 Å². The molecule has 5 heteroatoms. The Bertz CT molecular complexity index is 3800. The minimum atomic E-state index is 0.597. The molecule has 0 spiro atoms. The normalized spacial score (nSPS) is 11.5. The van der Waals surface area contributed by atoms with E-state index in [4.69, 9.17) is 15.0 Å². The monoisotopic (exact) mass is 867 g/mol. The zero-order valence-electron chi connectivity index (χ0n) is 36.9. The average molecular weight is 868 g/mol. The van der Waals surface area contributed by atoms with Crippen LogP contribution in [0.15, 0.2) is 249 Å². The highest BCUT2D eigenvalue weighted by Crippen LogP contribution is 2.38. The number of fused-ring (bicyclic) bond motifs is 6. The fourth-order valence-corrected chi connectivity index (χ4v) is 9.92. The van der Waals surface area contributed by atoms with Crippen molar-refractivity contribution in [1.29, 1.82) is 0 Å². The molecule has 0 atom stereocenters. The van der Waals surface area contributed by atoms with E-state index in [1.54, 1.807) is 0 Å². The molecule has 0 aliphatic heterocycles. The maximum Gasteiger partial charge on any atom is 0.164 e. The van der Waals surface area contributed by atoms with Crippen molar-refractivity contribution in [2.45, 2.75) is 0 Å². The Morgan fingerprint density at radius 2 is 0.529 bits per heavy atom. The molecular formula is C63H41N5. The van der Waals surface area contributed by atoms with Crippen molar-refractivity contribution in [2.24, 2.45) is 0 Å². The van der Waals surface area contributed by atoms with Crippen molar-refractivity contribution in [3.8, 4) is 78.9 Å². The minimum Gasteiger partial charge on any atom is -0.309 e. The van der Waals surface area contributed by atoms with Gasteiger partial charge in [0.25, 0.3) is 0 Å². The number of aromatic nitrogens is 5. The Balaban J connectivity index is 0.970. The summed E-state index contributed by atoms with van der Waals surface area (Å²) >= 11 is 0. The third-order valence-corrected chi connectivity index (χ3v) is 13.1. The smallest absolute Gasteiger partial charge is 0.164 e. The largest absolute Gasteiger partial charge is 0.309 e. The molecule has 0 saturated heterocycles. The van der Waals surface area contributed by atoms with Gasteiger partial charge in [-0.15, -0.1) is 0 Å². The first kappa shape index (κ1) is 39.2. The molecule has 0 saturated carbocycles. The lowest BCUT2D eigenvalue weighted by molar-refractivity contribution is 1.07. The predicted molar refractivity (Wildman–Crippen MR) is 281 cm³/mol. The van der Waals surface area contributed by atoms with Gasteiger partial charge in [0.2, 0.25) is 0 Å². The molecule has 0 fully saturated rings. The summed E-state index contributed by atoms with van der Waals surface area (Å²) in [7, 11) is 0. The van der Waals surface area contributed by atoms with E-state index in [1.165, 1.54) is 43.8 Å². The molecule has 0 unspecified atom stereocenters. The van der Waals surface area contributed by atoms with Gasteiger partial charge in [-0.3, -0.25) is 0 Å². The average Bonchev–Trinajstić information content (AvgIpc) is 3.94. The molecule has 0 aliphatic rings. The highest BCUT2D eigenvalue weighted by molar-refractivity contribution is 6.11. The zero-order valence-corrected chi connectivity index (χ0v) is 36.9. The first-order valence-electron chi connectivity index (χ1n) is 23.0. The van der Waals surface area contributed by atoms with Gasteiger partial charge in [-0.1, -0.05) is 182 Å². The van der Waals surface area contributed by atoms with Crippen LogP contribution in [0.5, 0.6) is 0 Å². The maximum atomic E-state index is 5.32. The molecule has 0 aliphatic carbocycles.